The summed E-state index contributed by atoms with van der Waals surface area (Å²) in [6, 6.07) is 4.74. The quantitative estimate of drug-likeness (QED) is 0.342. The van der Waals surface area contributed by atoms with Gasteiger partial charge in [0.05, 0.1) is 18.5 Å². The molecule has 0 spiro atoms. The second-order valence-electron chi connectivity index (χ2n) is 9.12. The van der Waals surface area contributed by atoms with Crippen LogP contribution in [0.25, 0.3) is 10.2 Å². The molecule has 5 heterocycles. The molecule has 11 heteroatoms. The van der Waals surface area contributed by atoms with E-state index >= 15 is 0 Å². The molecule has 1 amide bonds. The van der Waals surface area contributed by atoms with Crippen LogP contribution in [0.15, 0.2) is 17.5 Å². The minimum Gasteiger partial charge on any atom is -0.383 e. The van der Waals surface area contributed by atoms with Crippen LogP contribution in [0.5, 0.6) is 0 Å². The molecule has 3 aromatic heterocycles. The highest BCUT2D eigenvalue weighted by molar-refractivity contribution is 7.16. The van der Waals surface area contributed by atoms with E-state index in [9.17, 15) is 4.79 Å². The van der Waals surface area contributed by atoms with Crippen molar-refractivity contribution >= 4 is 45.0 Å². The number of nitrogens with zero attached hydrogens (tertiary/aromatic N) is 4. The van der Waals surface area contributed by atoms with Crippen LogP contribution in [0.2, 0.25) is 0 Å². The summed E-state index contributed by atoms with van der Waals surface area (Å²) in [5.74, 6) is 2.29. The predicted molar refractivity (Wildman–Crippen MR) is 134 cm³/mol. The van der Waals surface area contributed by atoms with Gasteiger partial charge in [-0.1, -0.05) is 0 Å². The number of aromatic amines is 1. The van der Waals surface area contributed by atoms with Crippen molar-refractivity contribution in [2.45, 2.75) is 57.2 Å². The Labute approximate surface area is 202 Å². The Bertz CT molecular complexity index is 1120. The van der Waals surface area contributed by atoms with E-state index in [0.717, 1.165) is 53.2 Å². The molecule has 10 nitrogen and oxygen atoms in total. The molecule has 34 heavy (non-hydrogen) atoms. The van der Waals surface area contributed by atoms with Crippen LogP contribution in [-0.4, -0.2) is 75.9 Å². The summed E-state index contributed by atoms with van der Waals surface area (Å²) < 4.78 is 5.06. The topological polar surface area (TPSA) is 120 Å². The van der Waals surface area contributed by atoms with Gasteiger partial charge in [-0.2, -0.15) is 10.1 Å². The number of hydrogen-bond donors (Lipinski definition) is 4. The second kappa shape index (κ2) is 10.2. The van der Waals surface area contributed by atoms with Crippen molar-refractivity contribution in [2.24, 2.45) is 0 Å². The van der Waals surface area contributed by atoms with E-state index < -0.39 is 0 Å². The lowest BCUT2D eigenvalue weighted by molar-refractivity contribution is -0.139. The molecule has 4 N–H and O–H groups in total. The van der Waals surface area contributed by atoms with E-state index in [4.69, 9.17) is 14.7 Å². The Morgan fingerprint density at radius 2 is 2.12 bits per heavy atom. The van der Waals surface area contributed by atoms with Gasteiger partial charge in [0.15, 0.2) is 5.82 Å². The van der Waals surface area contributed by atoms with Gasteiger partial charge in [-0.3, -0.25) is 9.89 Å². The number of rotatable bonds is 9. The van der Waals surface area contributed by atoms with Gasteiger partial charge in [0.1, 0.15) is 10.6 Å². The summed E-state index contributed by atoms with van der Waals surface area (Å²) in [6.07, 6.45) is 5.10. The zero-order valence-corrected chi connectivity index (χ0v) is 20.5. The third-order valence-electron chi connectivity index (χ3n) is 6.63. The fourth-order valence-corrected chi connectivity index (χ4v) is 5.93. The smallest absolute Gasteiger partial charge is 0.237 e. The molecule has 0 saturated carbocycles. The van der Waals surface area contributed by atoms with Crippen LogP contribution in [0.4, 0.5) is 17.6 Å². The Balaban J connectivity index is 1.28. The summed E-state index contributed by atoms with van der Waals surface area (Å²) in [5.41, 5.74) is 0.984. The van der Waals surface area contributed by atoms with Gasteiger partial charge >= 0.3 is 0 Å². The lowest BCUT2D eigenvalue weighted by Crippen LogP contribution is -2.58. The van der Waals surface area contributed by atoms with Crippen LogP contribution in [-0.2, 0) is 9.53 Å². The number of piperidine rings is 2. The second-order valence-corrected chi connectivity index (χ2v) is 10.0. The molecule has 2 bridgehead atoms. The van der Waals surface area contributed by atoms with E-state index in [1.165, 1.54) is 6.42 Å². The number of ether oxygens (including phenoxy) is 1. The number of fused-ring (bicyclic) bond motifs is 3. The SMILES string of the molecule is COCCNCC(=O)N1[C@@H]2CCC[C@H]1C[C@H](Nc1nc(Nc3cc(C)[nH]n3)c3ccsc3n1)C2. The largest absolute Gasteiger partial charge is 0.383 e. The maximum absolute atomic E-state index is 12.9. The van der Waals surface area contributed by atoms with Gasteiger partial charge in [-0.15, -0.1) is 11.3 Å². The molecule has 5 rings (SSSR count). The van der Waals surface area contributed by atoms with Crippen molar-refractivity contribution in [3.8, 4) is 0 Å². The molecular formula is C23H32N8O2S. The Kier molecular flexibility index (Phi) is 6.93. The number of thiophene rings is 1. The van der Waals surface area contributed by atoms with Crippen molar-refractivity contribution in [1.82, 2.24) is 30.4 Å². The fraction of sp³-hybridized carbons (Fsp3) is 0.565. The van der Waals surface area contributed by atoms with E-state index in [1.54, 1.807) is 18.4 Å². The number of aryl methyl sites for hydroxylation is 1. The van der Waals surface area contributed by atoms with E-state index in [0.29, 0.717) is 25.6 Å². The molecule has 0 aliphatic carbocycles. The summed E-state index contributed by atoms with van der Waals surface area (Å²) in [6.45, 7) is 3.63. The third kappa shape index (κ3) is 5.01. The molecule has 2 aliphatic rings. The van der Waals surface area contributed by atoms with Crippen LogP contribution >= 0.6 is 11.3 Å². The number of H-pyrrole nitrogens is 1. The molecule has 2 fully saturated rings. The van der Waals surface area contributed by atoms with Gasteiger partial charge in [0.25, 0.3) is 0 Å². The number of hydrogen-bond acceptors (Lipinski definition) is 9. The van der Waals surface area contributed by atoms with Crippen molar-refractivity contribution in [2.75, 3.05) is 37.4 Å². The van der Waals surface area contributed by atoms with E-state index in [2.05, 4.69) is 31.0 Å². The summed E-state index contributed by atoms with van der Waals surface area (Å²) in [4.78, 5) is 25.6. The number of amides is 1. The zero-order valence-electron chi connectivity index (χ0n) is 19.6. The lowest BCUT2D eigenvalue weighted by Gasteiger charge is -2.49. The zero-order chi connectivity index (χ0) is 23.5. The van der Waals surface area contributed by atoms with E-state index in [1.807, 2.05) is 24.4 Å². The van der Waals surface area contributed by atoms with Gasteiger partial charge in [0, 0.05) is 43.5 Å². The summed E-state index contributed by atoms with van der Waals surface area (Å²) >= 11 is 1.60. The minimum absolute atomic E-state index is 0.196. The minimum atomic E-state index is 0.196. The molecular weight excluding hydrogens is 452 g/mol. The number of aromatic nitrogens is 4. The summed E-state index contributed by atoms with van der Waals surface area (Å²) in [5, 5.41) is 20.4. The average molecular weight is 485 g/mol. The van der Waals surface area contributed by atoms with Crippen LogP contribution in [0.3, 0.4) is 0 Å². The molecule has 182 valence electrons. The molecule has 0 aromatic carbocycles. The standard InChI is InChI=1S/C23H32N8O2S/c1-14-10-19(30-29-14)26-21-18-6-9-34-22(18)28-23(27-21)25-15-11-16-4-3-5-17(12-15)31(16)20(32)13-24-7-8-33-2/h6,9-10,15-17,24H,3-5,7-8,11-13H2,1-2H3,(H3,25,26,27,28,29,30)/t15-,16-,17+. The average Bonchev–Trinajstić information content (AvgIpc) is 3.45. The highest BCUT2D eigenvalue weighted by atomic mass is 32.1. The van der Waals surface area contributed by atoms with Gasteiger partial charge in [-0.05, 0) is 50.5 Å². The first-order valence-electron chi connectivity index (χ1n) is 11.9. The lowest BCUT2D eigenvalue weighted by atomic mass is 9.81. The van der Waals surface area contributed by atoms with Gasteiger partial charge in [-0.25, -0.2) is 4.98 Å². The maximum Gasteiger partial charge on any atom is 0.237 e. The monoisotopic (exact) mass is 484 g/mol. The summed E-state index contributed by atoms with van der Waals surface area (Å²) in [7, 11) is 1.67. The first kappa shape index (κ1) is 23.0. The highest BCUT2D eigenvalue weighted by Gasteiger charge is 2.40. The fourth-order valence-electron chi connectivity index (χ4n) is 5.17. The highest BCUT2D eigenvalue weighted by Crippen LogP contribution is 2.36. The molecule has 2 saturated heterocycles. The van der Waals surface area contributed by atoms with Gasteiger partial charge in [0.2, 0.25) is 11.9 Å². The number of carbonyl (C=O) groups is 1. The van der Waals surface area contributed by atoms with Crippen molar-refractivity contribution in [3.63, 3.8) is 0 Å². The molecule has 3 aromatic rings. The van der Waals surface area contributed by atoms with Crippen molar-refractivity contribution < 1.29 is 9.53 Å². The first-order chi connectivity index (χ1) is 16.6. The van der Waals surface area contributed by atoms with Crippen LogP contribution in [0, 0.1) is 6.92 Å². The number of methoxy groups -OCH3 is 1. The molecule has 0 radical (unpaired) electrons. The van der Waals surface area contributed by atoms with E-state index in [-0.39, 0.29) is 24.0 Å². The first-order valence-corrected chi connectivity index (χ1v) is 12.8. The molecule has 2 aliphatic heterocycles. The maximum atomic E-state index is 12.9. The van der Waals surface area contributed by atoms with Crippen LogP contribution < -0.4 is 16.0 Å². The Morgan fingerprint density at radius 1 is 1.29 bits per heavy atom. The normalized spacial score (nSPS) is 22.2. The predicted octanol–water partition coefficient (Wildman–Crippen LogP) is 3.03. The Morgan fingerprint density at radius 3 is 2.85 bits per heavy atom. The molecule has 3 atom stereocenters. The van der Waals surface area contributed by atoms with Crippen molar-refractivity contribution in [3.05, 3.63) is 23.2 Å². The third-order valence-corrected chi connectivity index (χ3v) is 7.44. The molecule has 0 unspecified atom stereocenters. The number of anilines is 3. The van der Waals surface area contributed by atoms with Crippen molar-refractivity contribution in [1.29, 1.82) is 0 Å². The Hall–Kier alpha value is -2.76. The van der Waals surface area contributed by atoms with Gasteiger partial charge < -0.3 is 25.6 Å². The number of carbonyl (C=O) groups excluding carboxylic acids is 1. The van der Waals surface area contributed by atoms with Crippen LogP contribution in [0.1, 0.15) is 37.8 Å². The number of nitrogens with one attached hydrogen (secondary N) is 4.